The summed E-state index contributed by atoms with van der Waals surface area (Å²) in [6.45, 7) is 1.89. The first-order valence-corrected chi connectivity index (χ1v) is 9.99. The van der Waals surface area contributed by atoms with E-state index in [1.54, 1.807) is 6.07 Å². The quantitative estimate of drug-likeness (QED) is 0.138. The molecule has 0 aromatic heterocycles. The van der Waals surface area contributed by atoms with E-state index in [9.17, 15) is 20.6 Å². The predicted molar refractivity (Wildman–Crippen MR) is 115 cm³/mol. The Labute approximate surface area is 176 Å². The highest BCUT2D eigenvalue weighted by molar-refractivity contribution is 14.1. The molecule has 1 aliphatic rings. The molecule has 0 saturated heterocycles. The fourth-order valence-electron chi connectivity index (χ4n) is 3.74. The average molecular weight is 576 g/mol. The minimum Gasteiger partial charge on any atom is -0.507 e. The van der Waals surface area contributed by atoms with Crippen molar-refractivity contribution in [1.82, 2.24) is 0 Å². The maximum atomic E-state index is 10.6. The average Bonchev–Trinajstić information content (AvgIpc) is 2.59. The van der Waals surface area contributed by atoms with E-state index < -0.39 is 6.10 Å². The molecule has 0 amide bonds. The summed E-state index contributed by atoms with van der Waals surface area (Å²) in [6.07, 6.45) is -0.240. The van der Waals surface area contributed by atoms with Crippen LogP contribution in [0, 0.1) is 14.1 Å². The van der Waals surface area contributed by atoms with E-state index in [0.717, 1.165) is 11.1 Å². The summed E-state index contributed by atoms with van der Waals surface area (Å²) < 4.78 is 1.36. The Kier molecular flexibility index (Phi) is 4.45. The van der Waals surface area contributed by atoms with Crippen LogP contribution >= 0.6 is 45.2 Å². The minimum atomic E-state index is -0.634. The Balaban J connectivity index is 2.25. The van der Waals surface area contributed by atoms with Crippen LogP contribution < -0.4 is 0 Å². The molecule has 0 aliphatic heterocycles. The number of fused-ring (bicyclic) bond motifs is 4. The third-order valence-electron chi connectivity index (χ3n) is 4.77. The van der Waals surface area contributed by atoms with Gasteiger partial charge in [-0.15, -0.1) is 0 Å². The summed E-state index contributed by atoms with van der Waals surface area (Å²) >= 11 is 4.20. The lowest BCUT2D eigenvalue weighted by molar-refractivity contribution is -0.281. The third-order valence-corrected chi connectivity index (χ3v) is 6.97. The molecule has 134 valence electrons. The zero-order chi connectivity index (χ0) is 18.7. The zero-order valence-corrected chi connectivity index (χ0v) is 17.9. The second-order valence-corrected chi connectivity index (χ2v) is 8.54. The van der Waals surface area contributed by atoms with Crippen molar-refractivity contribution in [3.05, 3.63) is 48.1 Å². The Morgan fingerprint density at radius 2 is 1.54 bits per heavy atom. The van der Waals surface area contributed by atoms with Crippen LogP contribution in [0.25, 0.3) is 21.9 Å². The van der Waals surface area contributed by atoms with Gasteiger partial charge in [-0.1, -0.05) is 6.07 Å². The molecule has 0 heterocycles. The Hall–Kier alpha value is -1.30. The number of phenolic OH excluding ortho intramolecular Hbond substituents is 3. The second kappa shape index (κ2) is 6.39. The van der Waals surface area contributed by atoms with E-state index in [-0.39, 0.29) is 17.2 Å². The molecular weight excluding hydrogens is 562 g/mol. The molecule has 7 heteroatoms. The lowest BCUT2D eigenvalue weighted by Crippen LogP contribution is -2.17. The van der Waals surface area contributed by atoms with E-state index >= 15 is 0 Å². The molecule has 4 N–H and O–H groups in total. The predicted octanol–water partition coefficient (Wildman–Crippen LogP) is 5.23. The van der Waals surface area contributed by atoms with E-state index in [2.05, 4.69) is 45.2 Å². The number of hydrogen-bond donors (Lipinski definition) is 4. The number of aryl methyl sites for hydroxylation is 1. The highest BCUT2D eigenvalue weighted by Gasteiger charge is 2.34. The molecule has 3 aromatic rings. The lowest BCUT2D eigenvalue weighted by Gasteiger charge is -2.30. The van der Waals surface area contributed by atoms with Crippen LogP contribution in [0.1, 0.15) is 22.8 Å². The van der Waals surface area contributed by atoms with E-state index in [1.807, 2.05) is 13.0 Å². The molecule has 4 rings (SSSR count). The van der Waals surface area contributed by atoms with Gasteiger partial charge in [0.25, 0.3) is 0 Å². The number of halogens is 2. The van der Waals surface area contributed by atoms with Crippen LogP contribution in [-0.4, -0.2) is 20.6 Å². The number of aromatic hydroxyl groups is 3. The summed E-state index contributed by atoms with van der Waals surface area (Å²) in [6, 6.07) is 6.54. The van der Waals surface area contributed by atoms with Gasteiger partial charge in [-0.25, -0.2) is 4.89 Å². The molecular formula is C19H14I2O5. The molecule has 3 aromatic carbocycles. The second-order valence-electron chi connectivity index (χ2n) is 6.39. The van der Waals surface area contributed by atoms with Crippen LogP contribution in [0.3, 0.4) is 0 Å². The fourth-order valence-corrected chi connectivity index (χ4v) is 6.01. The Morgan fingerprint density at radius 1 is 0.923 bits per heavy atom. The number of hydrogen-bond acceptors (Lipinski definition) is 5. The fraction of sp³-hybridized carbons (Fsp3) is 0.158. The molecule has 1 aliphatic carbocycles. The monoisotopic (exact) mass is 576 g/mol. The van der Waals surface area contributed by atoms with Gasteiger partial charge in [-0.2, -0.15) is 0 Å². The first kappa shape index (κ1) is 18.1. The van der Waals surface area contributed by atoms with Crippen LogP contribution in [0.2, 0.25) is 0 Å². The van der Waals surface area contributed by atoms with Crippen molar-refractivity contribution in [3.8, 4) is 28.4 Å². The first-order chi connectivity index (χ1) is 12.3. The van der Waals surface area contributed by atoms with Gasteiger partial charge in [0.05, 0.1) is 0 Å². The summed E-state index contributed by atoms with van der Waals surface area (Å²) in [5, 5.41) is 42.0. The number of rotatable bonds is 1. The number of phenols is 3. The van der Waals surface area contributed by atoms with E-state index in [1.165, 1.54) is 12.1 Å². The van der Waals surface area contributed by atoms with Crippen molar-refractivity contribution in [2.45, 2.75) is 19.4 Å². The molecule has 26 heavy (non-hydrogen) atoms. The van der Waals surface area contributed by atoms with Crippen molar-refractivity contribution in [3.63, 3.8) is 0 Å². The van der Waals surface area contributed by atoms with Crippen molar-refractivity contribution < 1.29 is 25.5 Å². The standard InChI is InChI=1S/C19H14I2O5/c1-7-4-8-6-12(26-25)16-17(13(8)11(24)5-7)19(21)15-10(23)3-2-9(22)14(15)18(16)20/h2-5,12,22-25H,6H2,1H3. The van der Waals surface area contributed by atoms with Gasteiger partial charge in [0, 0.05) is 41.0 Å². The molecule has 1 atom stereocenters. The molecule has 0 radical (unpaired) electrons. The van der Waals surface area contributed by atoms with E-state index in [0.29, 0.717) is 41.0 Å². The van der Waals surface area contributed by atoms with Crippen molar-refractivity contribution >= 4 is 56.0 Å². The molecule has 0 fully saturated rings. The Bertz CT molecular complexity index is 1080. The van der Waals surface area contributed by atoms with Gasteiger partial charge in [0.1, 0.15) is 23.4 Å². The lowest BCUT2D eigenvalue weighted by atomic mass is 9.81. The first-order valence-electron chi connectivity index (χ1n) is 7.83. The topological polar surface area (TPSA) is 90.2 Å². The smallest absolute Gasteiger partial charge is 0.124 e. The largest absolute Gasteiger partial charge is 0.507 e. The molecule has 5 nitrogen and oxygen atoms in total. The molecule has 0 saturated carbocycles. The van der Waals surface area contributed by atoms with Crippen molar-refractivity contribution in [2.75, 3.05) is 0 Å². The number of benzene rings is 3. The maximum absolute atomic E-state index is 10.6. The normalized spacial score (nSPS) is 15.8. The van der Waals surface area contributed by atoms with Gasteiger partial charge in [-0.3, -0.25) is 5.26 Å². The van der Waals surface area contributed by atoms with Crippen LogP contribution in [0.5, 0.6) is 17.2 Å². The molecule has 0 bridgehead atoms. The third kappa shape index (κ3) is 2.48. The van der Waals surface area contributed by atoms with Gasteiger partial charge in [0.15, 0.2) is 0 Å². The van der Waals surface area contributed by atoms with Crippen LogP contribution in [-0.2, 0) is 11.3 Å². The van der Waals surface area contributed by atoms with Crippen molar-refractivity contribution in [2.24, 2.45) is 0 Å². The van der Waals surface area contributed by atoms with Crippen LogP contribution in [0.4, 0.5) is 0 Å². The van der Waals surface area contributed by atoms with Gasteiger partial charge < -0.3 is 15.3 Å². The van der Waals surface area contributed by atoms with Gasteiger partial charge in [-0.05, 0) is 81.4 Å². The van der Waals surface area contributed by atoms with Gasteiger partial charge in [0.2, 0.25) is 0 Å². The summed E-state index contributed by atoms with van der Waals surface area (Å²) in [4.78, 5) is 4.78. The summed E-state index contributed by atoms with van der Waals surface area (Å²) in [7, 11) is 0. The highest BCUT2D eigenvalue weighted by Crippen LogP contribution is 2.53. The van der Waals surface area contributed by atoms with Gasteiger partial charge >= 0.3 is 0 Å². The Morgan fingerprint density at radius 3 is 2.15 bits per heavy atom. The summed E-state index contributed by atoms with van der Waals surface area (Å²) in [5.41, 5.74) is 3.85. The zero-order valence-electron chi connectivity index (χ0n) is 13.5. The minimum absolute atomic E-state index is 0.0403. The SMILES string of the molecule is Cc1cc(O)c2c(c1)CC(OO)c1c-2c(I)c2c(O)ccc(O)c2c1I. The maximum Gasteiger partial charge on any atom is 0.124 e. The molecule has 1 unspecified atom stereocenters. The molecule has 0 spiro atoms. The van der Waals surface area contributed by atoms with E-state index in [4.69, 9.17) is 4.89 Å². The van der Waals surface area contributed by atoms with Crippen molar-refractivity contribution in [1.29, 1.82) is 0 Å². The van der Waals surface area contributed by atoms with Crippen LogP contribution in [0.15, 0.2) is 24.3 Å². The highest BCUT2D eigenvalue weighted by atomic mass is 127. The summed E-state index contributed by atoms with van der Waals surface area (Å²) in [5.74, 6) is 0.229.